The van der Waals surface area contributed by atoms with E-state index in [4.69, 9.17) is 4.74 Å². The van der Waals surface area contributed by atoms with Crippen molar-refractivity contribution in [3.8, 4) is 5.75 Å². The molecule has 1 N–H and O–H groups in total. The first-order chi connectivity index (χ1) is 9.67. The van der Waals surface area contributed by atoms with Crippen molar-refractivity contribution in [2.75, 3.05) is 27.3 Å². The summed E-state index contributed by atoms with van der Waals surface area (Å²) >= 11 is 0. The molecule has 0 bridgehead atoms. The molecule has 112 valence electrons. The summed E-state index contributed by atoms with van der Waals surface area (Å²) in [5.74, 6) is 0.908. The van der Waals surface area contributed by atoms with Crippen molar-refractivity contribution in [2.45, 2.75) is 38.6 Å². The molecule has 1 fully saturated rings. The van der Waals surface area contributed by atoms with Gasteiger partial charge in [-0.05, 0) is 37.6 Å². The molecule has 20 heavy (non-hydrogen) atoms. The van der Waals surface area contributed by atoms with Gasteiger partial charge in [-0.2, -0.15) is 0 Å². The second-order valence-corrected chi connectivity index (χ2v) is 6.24. The number of aliphatic hydroxyl groups excluding tert-OH is 1. The van der Waals surface area contributed by atoms with E-state index in [2.05, 4.69) is 24.1 Å². The number of rotatable bonds is 6. The minimum absolute atomic E-state index is 0.117. The first kappa shape index (κ1) is 15.3. The molecule has 1 aromatic carbocycles. The first-order valence-corrected chi connectivity index (χ1v) is 7.60. The SMILES string of the molecule is COc1cccc(CN(C)CC2(CO)CCCCC2)c1. The van der Waals surface area contributed by atoms with E-state index in [1.54, 1.807) is 7.11 Å². The average molecular weight is 277 g/mol. The Bertz CT molecular complexity index is 413. The van der Waals surface area contributed by atoms with Gasteiger partial charge in [0.25, 0.3) is 0 Å². The summed E-state index contributed by atoms with van der Waals surface area (Å²) in [5.41, 5.74) is 1.38. The Labute approximate surface area is 122 Å². The van der Waals surface area contributed by atoms with Crippen LogP contribution in [0, 0.1) is 5.41 Å². The van der Waals surface area contributed by atoms with Crippen LogP contribution in [-0.2, 0) is 6.54 Å². The zero-order chi connectivity index (χ0) is 14.4. The van der Waals surface area contributed by atoms with Crippen molar-refractivity contribution in [1.29, 1.82) is 0 Å². The van der Waals surface area contributed by atoms with Gasteiger partial charge in [0.05, 0.1) is 7.11 Å². The van der Waals surface area contributed by atoms with Crippen molar-refractivity contribution in [3.63, 3.8) is 0 Å². The van der Waals surface area contributed by atoms with Crippen LogP contribution in [0.3, 0.4) is 0 Å². The monoisotopic (exact) mass is 277 g/mol. The number of ether oxygens (including phenoxy) is 1. The summed E-state index contributed by atoms with van der Waals surface area (Å²) in [6.45, 7) is 2.19. The quantitative estimate of drug-likeness (QED) is 0.867. The molecule has 0 unspecified atom stereocenters. The number of nitrogens with zero attached hydrogens (tertiary/aromatic N) is 1. The highest BCUT2D eigenvalue weighted by atomic mass is 16.5. The van der Waals surface area contributed by atoms with E-state index in [-0.39, 0.29) is 5.41 Å². The predicted molar refractivity (Wildman–Crippen MR) is 81.9 cm³/mol. The molecule has 3 heteroatoms. The Morgan fingerprint density at radius 1 is 1.25 bits per heavy atom. The van der Waals surface area contributed by atoms with Gasteiger partial charge in [-0.1, -0.05) is 31.4 Å². The lowest BCUT2D eigenvalue weighted by Gasteiger charge is -2.38. The fourth-order valence-electron chi connectivity index (χ4n) is 3.38. The van der Waals surface area contributed by atoms with E-state index in [0.717, 1.165) is 31.7 Å². The molecule has 1 saturated carbocycles. The molecule has 1 aromatic rings. The fourth-order valence-corrected chi connectivity index (χ4v) is 3.38. The lowest BCUT2D eigenvalue weighted by molar-refractivity contribution is 0.0463. The van der Waals surface area contributed by atoms with E-state index < -0.39 is 0 Å². The molecular weight excluding hydrogens is 250 g/mol. The third-order valence-corrected chi connectivity index (χ3v) is 4.44. The topological polar surface area (TPSA) is 32.7 Å². The Morgan fingerprint density at radius 2 is 2.00 bits per heavy atom. The van der Waals surface area contributed by atoms with Gasteiger partial charge in [-0.15, -0.1) is 0 Å². The van der Waals surface area contributed by atoms with Gasteiger partial charge in [0.2, 0.25) is 0 Å². The zero-order valence-corrected chi connectivity index (χ0v) is 12.8. The van der Waals surface area contributed by atoms with E-state index in [0.29, 0.717) is 6.61 Å². The van der Waals surface area contributed by atoms with Crippen LogP contribution >= 0.6 is 0 Å². The lowest BCUT2D eigenvalue weighted by atomic mass is 9.74. The van der Waals surface area contributed by atoms with Crippen LogP contribution < -0.4 is 4.74 Å². The van der Waals surface area contributed by atoms with Crippen molar-refractivity contribution in [3.05, 3.63) is 29.8 Å². The van der Waals surface area contributed by atoms with Gasteiger partial charge in [0, 0.05) is 25.1 Å². The van der Waals surface area contributed by atoms with Crippen LogP contribution in [0.15, 0.2) is 24.3 Å². The van der Waals surface area contributed by atoms with Crippen molar-refractivity contribution >= 4 is 0 Å². The van der Waals surface area contributed by atoms with Crippen molar-refractivity contribution in [2.24, 2.45) is 5.41 Å². The summed E-state index contributed by atoms with van der Waals surface area (Å²) in [6, 6.07) is 8.22. The summed E-state index contributed by atoms with van der Waals surface area (Å²) in [6.07, 6.45) is 6.15. The molecule has 1 aliphatic rings. The van der Waals surface area contributed by atoms with Gasteiger partial charge in [0.15, 0.2) is 0 Å². The second kappa shape index (κ2) is 7.09. The third-order valence-electron chi connectivity index (χ3n) is 4.44. The van der Waals surface area contributed by atoms with Gasteiger partial charge in [-0.25, -0.2) is 0 Å². The molecule has 0 amide bonds. The summed E-state index contributed by atoms with van der Waals surface area (Å²) < 4.78 is 5.27. The molecule has 0 aliphatic heterocycles. The number of methoxy groups -OCH3 is 1. The highest BCUT2D eigenvalue weighted by Crippen LogP contribution is 2.36. The molecule has 0 heterocycles. The molecule has 3 nitrogen and oxygen atoms in total. The third kappa shape index (κ3) is 3.97. The predicted octanol–water partition coefficient (Wildman–Crippen LogP) is 3.07. The summed E-state index contributed by atoms with van der Waals surface area (Å²) in [4.78, 5) is 2.33. The molecule has 0 radical (unpaired) electrons. The molecular formula is C17H27NO2. The lowest BCUT2D eigenvalue weighted by Crippen LogP contribution is -2.39. The van der Waals surface area contributed by atoms with Gasteiger partial charge >= 0.3 is 0 Å². The molecule has 0 saturated heterocycles. The second-order valence-electron chi connectivity index (χ2n) is 6.24. The largest absolute Gasteiger partial charge is 0.497 e. The van der Waals surface area contributed by atoms with E-state index in [1.165, 1.54) is 24.8 Å². The van der Waals surface area contributed by atoms with Crippen molar-refractivity contribution < 1.29 is 9.84 Å². The standard InChI is InChI=1S/C17H27NO2/c1-18(12-15-7-6-8-16(11-15)20-2)13-17(14-19)9-4-3-5-10-17/h6-8,11,19H,3-5,9-10,12-14H2,1-2H3. The molecule has 2 rings (SSSR count). The average Bonchev–Trinajstić information content (AvgIpc) is 2.48. The minimum atomic E-state index is 0.117. The maximum Gasteiger partial charge on any atom is 0.119 e. The van der Waals surface area contributed by atoms with E-state index in [1.807, 2.05) is 12.1 Å². The number of hydrogen-bond acceptors (Lipinski definition) is 3. The molecule has 0 spiro atoms. The van der Waals surface area contributed by atoms with Crippen LogP contribution in [0.4, 0.5) is 0 Å². The smallest absolute Gasteiger partial charge is 0.119 e. The Morgan fingerprint density at radius 3 is 2.65 bits per heavy atom. The van der Waals surface area contributed by atoms with E-state index >= 15 is 0 Å². The van der Waals surface area contributed by atoms with Crippen molar-refractivity contribution in [1.82, 2.24) is 4.90 Å². The highest BCUT2D eigenvalue weighted by molar-refractivity contribution is 5.28. The Hall–Kier alpha value is -1.06. The molecule has 0 aromatic heterocycles. The fraction of sp³-hybridized carbons (Fsp3) is 0.647. The van der Waals surface area contributed by atoms with Crippen LogP contribution in [0.1, 0.15) is 37.7 Å². The van der Waals surface area contributed by atoms with Crippen LogP contribution in [0.2, 0.25) is 0 Å². The number of benzene rings is 1. The van der Waals surface area contributed by atoms with E-state index in [9.17, 15) is 5.11 Å². The summed E-state index contributed by atoms with van der Waals surface area (Å²) in [5, 5.41) is 9.79. The molecule has 1 aliphatic carbocycles. The Kier molecular flexibility index (Phi) is 5.44. The van der Waals surface area contributed by atoms with Crippen LogP contribution in [0.5, 0.6) is 5.75 Å². The maximum atomic E-state index is 9.79. The minimum Gasteiger partial charge on any atom is -0.497 e. The first-order valence-electron chi connectivity index (χ1n) is 7.60. The zero-order valence-electron chi connectivity index (χ0n) is 12.8. The van der Waals surface area contributed by atoms with Crippen LogP contribution in [-0.4, -0.2) is 37.3 Å². The van der Waals surface area contributed by atoms with Gasteiger partial charge in [0.1, 0.15) is 5.75 Å². The van der Waals surface area contributed by atoms with Gasteiger partial charge in [-0.3, -0.25) is 0 Å². The maximum absolute atomic E-state index is 9.79. The Balaban J connectivity index is 1.95. The molecule has 0 atom stereocenters. The number of hydrogen-bond donors (Lipinski definition) is 1. The normalized spacial score (nSPS) is 18.2. The summed E-state index contributed by atoms with van der Waals surface area (Å²) in [7, 11) is 3.84. The highest BCUT2D eigenvalue weighted by Gasteiger charge is 2.32. The van der Waals surface area contributed by atoms with Crippen LogP contribution in [0.25, 0.3) is 0 Å². The number of aliphatic hydroxyl groups is 1. The van der Waals surface area contributed by atoms with Gasteiger partial charge < -0.3 is 14.7 Å².